The number of aryl methyl sites for hydroxylation is 1. The molecular formula is C17H18N4O2S. The maximum Gasteiger partial charge on any atom is 0.214 e. The molecule has 0 bridgehead atoms. The number of para-hydroxylation sites is 3. The second-order valence-electron chi connectivity index (χ2n) is 5.01. The third kappa shape index (κ3) is 3.68. The fraction of sp³-hybridized carbons (Fsp3) is 0.235. The summed E-state index contributed by atoms with van der Waals surface area (Å²) in [7, 11) is 1.63. The molecule has 0 saturated carbocycles. The molecule has 0 aliphatic rings. The van der Waals surface area contributed by atoms with Gasteiger partial charge >= 0.3 is 0 Å². The van der Waals surface area contributed by atoms with Crippen LogP contribution in [-0.2, 0) is 0 Å². The SMILES string of the molecule is COc1ccccc1-n1nnnc1SCCOc1ccccc1C. The van der Waals surface area contributed by atoms with Crippen molar-refractivity contribution < 1.29 is 9.47 Å². The number of tetrazole rings is 1. The first-order valence-corrected chi connectivity index (χ1v) is 8.51. The average Bonchev–Trinajstić information content (AvgIpc) is 3.08. The smallest absolute Gasteiger partial charge is 0.214 e. The molecule has 0 unspecified atom stereocenters. The predicted octanol–water partition coefficient (Wildman–Crippen LogP) is 3.15. The molecule has 0 saturated heterocycles. The van der Waals surface area contributed by atoms with Gasteiger partial charge in [0, 0.05) is 5.75 Å². The van der Waals surface area contributed by atoms with Crippen molar-refractivity contribution in [1.29, 1.82) is 0 Å². The Labute approximate surface area is 144 Å². The van der Waals surface area contributed by atoms with Gasteiger partial charge in [-0.3, -0.25) is 0 Å². The van der Waals surface area contributed by atoms with Gasteiger partial charge < -0.3 is 9.47 Å². The number of aromatic nitrogens is 4. The van der Waals surface area contributed by atoms with Gasteiger partial charge in [0.2, 0.25) is 5.16 Å². The van der Waals surface area contributed by atoms with Crippen molar-refractivity contribution in [2.24, 2.45) is 0 Å². The van der Waals surface area contributed by atoms with Crippen molar-refractivity contribution in [2.75, 3.05) is 19.5 Å². The molecule has 3 rings (SSSR count). The van der Waals surface area contributed by atoms with Gasteiger partial charge in [-0.05, 0) is 41.1 Å². The molecule has 0 N–H and O–H groups in total. The van der Waals surface area contributed by atoms with E-state index >= 15 is 0 Å². The zero-order valence-electron chi connectivity index (χ0n) is 13.5. The predicted molar refractivity (Wildman–Crippen MR) is 93.1 cm³/mol. The highest BCUT2D eigenvalue weighted by Crippen LogP contribution is 2.25. The van der Waals surface area contributed by atoms with Gasteiger partial charge in [0.25, 0.3) is 0 Å². The summed E-state index contributed by atoms with van der Waals surface area (Å²) in [5.74, 6) is 2.37. The van der Waals surface area contributed by atoms with Crippen LogP contribution in [0.1, 0.15) is 5.56 Å². The van der Waals surface area contributed by atoms with E-state index in [-0.39, 0.29) is 0 Å². The molecule has 6 nitrogen and oxygen atoms in total. The third-order valence-electron chi connectivity index (χ3n) is 3.42. The van der Waals surface area contributed by atoms with Gasteiger partial charge in [0.1, 0.15) is 17.2 Å². The number of thioether (sulfide) groups is 1. The maximum atomic E-state index is 5.80. The molecule has 0 fully saturated rings. The van der Waals surface area contributed by atoms with Gasteiger partial charge in [0.15, 0.2) is 0 Å². The fourth-order valence-electron chi connectivity index (χ4n) is 2.23. The number of nitrogens with zero attached hydrogens (tertiary/aromatic N) is 4. The van der Waals surface area contributed by atoms with Crippen molar-refractivity contribution in [3.63, 3.8) is 0 Å². The van der Waals surface area contributed by atoms with Gasteiger partial charge in [0.05, 0.1) is 13.7 Å². The quantitative estimate of drug-likeness (QED) is 0.485. The molecule has 0 radical (unpaired) electrons. The zero-order chi connectivity index (χ0) is 16.8. The minimum absolute atomic E-state index is 0.578. The van der Waals surface area contributed by atoms with Crippen molar-refractivity contribution in [3.05, 3.63) is 54.1 Å². The Hall–Kier alpha value is -2.54. The minimum atomic E-state index is 0.578. The molecule has 0 aliphatic heterocycles. The van der Waals surface area contributed by atoms with Crippen molar-refractivity contribution in [3.8, 4) is 17.2 Å². The third-order valence-corrected chi connectivity index (χ3v) is 4.30. The monoisotopic (exact) mass is 342 g/mol. The highest BCUT2D eigenvalue weighted by molar-refractivity contribution is 7.99. The normalized spacial score (nSPS) is 10.6. The number of hydrogen-bond donors (Lipinski definition) is 0. The van der Waals surface area contributed by atoms with Crippen LogP contribution in [0.5, 0.6) is 11.5 Å². The zero-order valence-corrected chi connectivity index (χ0v) is 14.4. The lowest BCUT2D eigenvalue weighted by Gasteiger charge is -2.10. The Morgan fingerprint density at radius 1 is 1.04 bits per heavy atom. The summed E-state index contributed by atoms with van der Waals surface area (Å²) in [6.07, 6.45) is 0. The maximum absolute atomic E-state index is 5.80. The van der Waals surface area contributed by atoms with Crippen LogP contribution in [0.25, 0.3) is 5.69 Å². The largest absolute Gasteiger partial charge is 0.494 e. The number of hydrogen-bond acceptors (Lipinski definition) is 6. The molecule has 0 amide bonds. The Balaban J connectivity index is 1.63. The van der Waals surface area contributed by atoms with E-state index < -0.39 is 0 Å². The summed E-state index contributed by atoms with van der Waals surface area (Å²) in [6.45, 7) is 2.61. The van der Waals surface area contributed by atoms with Crippen LogP contribution in [0, 0.1) is 6.92 Å². The molecule has 124 valence electrons. The molecule has 1 aromatic heterocycles. The number of ether oxygens (including phenoxy) is 2. The minimum Gasteiger partial charge on any atom is -0.494 e. The molecule has 0 spiro atoms. The number of rotatable bonds is 7. The second kappa shape index (κ2) is 7.83. The van der Waals surface area contributed by atoms with Crippen LogP contribution >= 0.6 is 11.8 Å². The number of benzene rings is 2. The van der Waals surface area contributed by atoms with Crippen molar-refractivity contribution in [2.45, 2.75) is 12.1 Å². The van der Waals surface area contributed by atoms with Crippen molar-refractivity contribution >= 4 is 11.8 Å². The summed E-state index contributed by atoms with van der Waals surface area (Å²) in [5, 5.41) is 12.6. The second-order valence-corrected chi connectivity index (χ2v) is 6.07. The van der Waals surface area contributed by atoms with E-state index in [4.69, 9.17) is 9.47 Å². The fourth-order valence-corrected chi connectivity index (χ4v) is 2.93. The Morgan fingerprint density at radius 2 is 1.79 bits per heavy atom. The Kier molecular flexibility index (Phi) is 5.32. The first kappa shape index (κ1) is 16.3. The summed E-state index contributed by atoms with van der Waals surface area (Å²) >= 11 is 1.54. The lowest BCUT2D eigenvalue weighted by atomic mass is 10.2. The van der Waals surface area contributed by atoms with Gasteiger partial charge in [-0.15, -0.1) is 5.10 Å². The van der Waals surface area contributed by atoms with E-state index in [1.807, 2.05) is 55.5 Å². The summed E-state index contributed by atoms with van der Waals surface area (Å²) in [4.78, 5) is 0. The highest BCUT2D eigenvalue weighted by Gasteiger charge is 2.12. The van der Waals surface area contributed by atoms with E-state index in [9.17, 15) is 0 Å². The van der Waals surface area contributed by atoms with Crippen LogP contribution in [0.3, 0.4) is 0 Å². The van der Waals surface area contributed by atoms with Gasteiger partial charge in [-0.1, -0.05) is 42.1 Å². The van der Waals surface area contributed by atoms with Crippen molar-refractivity contribution in [1.82, 2.24) is 20.2 Å². The molecule has 1 heterocycles. The van der Waals surface area contributed by atoms with E-state index in [2.05, 4.69) is 15.5 Å². The van der Waals surface area contributed by atoms with Gasteiger partial charge in [-0.25, -0.2) is 0 Å². The topological polar surface area (TPSA) is 62.1 Å². The van der Waals surface area contributed by atoms with Crippen LogP contribution in [0.2, 0.25) is 0 Å². The molecule has 0 aliphatic carbocycles. The van der Waals surface area contributed by atoms with Crippen LogP contribution in [0.15, 0.2) is 53.7 Å². The van der Waals surface area contributed by atoms with Crippen LogP contribution in [0.4, 0.5) is 0 Å². The molecule has 7 heteroatoms. The van der Waals surface area contributed by atoms with E-state index in [1.54, 1.807) is 11.8 Å². The summed E-state index contributed by atoms with van der Waals surface area (Å²) in [6, 6.07) is 15.6. The first-order valence-electron chi connectivity index (χ1n) is 7.52. The highest BCUT2D eigenvalue weighted by atomic mass is 32.2. The lowest BCUT2D eigenvalue weighted by molar-refractivity contribution is 0.341. The molecule has 24 heavy (non-hydrogen) atoms. The molecule has 2 aromatic carbocycles. The Morgan fingerprint density at radius 3 is 2.58 bits per heavy atom. The molecule has 0 atom stereocenters. The van der Waals surface area contributed by atoms with Crippen LogP contribution in [-0.4, -0.2) is 39.7 Å². The Bertz CT molecular complexity index is 807. The summed E-state index contributed by atoms with van der Waals surface area (Å²) < 4.78 is 12.9. The first-order chi connectivity index (χ1) is 11.8. The van der Waals surface area contributed by atoms with E-state index in [0.29, 0.717) is 11.8 Å². The van der Waals surface area contributed by atoms with Gasteiger partial charge in [-0.2, -0.15) is 4.68 Å². The molecule has 3 aromatic rings. The summed E-state index contributed by atoms with van der Waals surface area (Å²) in [5.41, 5.74) is 1.94. The van der Waals surface area contributed by atoms with E-state index in [1.165, 1.54) is 11.8 Å². The number of methoxy groups -OCH3 is 1. The van der Waals surface area contributed by atoms with Crippen LogP contribution < -0.4 is 9.47 Å². The molecular weight excluding hydrogens is 324 g/mol. The van der Waals surface area contributed by atoms with E-state index in [0.717, 1.165) is 28.5 Å². The standard InChI is InChI=1S/C17H18N4O2S/c1-13-7-3-5-9-15(13)23-11-12-24-17-18-19-20-21(17)14-8-4-6-10-16(14)22-2/h3-10H,11-12H2,1-2H3. The average molecular weight is 342 g/mol. The lowest BCUT2D eigenvalue weighted by Crippen LogP contribution is -2.05.